The Labute approximate surface area is 233 Å². The van der Waals surface area contributed by atoms with Gasteiger partial charge in [0.2, 0.25) is 11.8 Å². The first-order chi connectivity index (χ1) is 18.2. The number of aromatic nitrogens is 1. The summed E-state index contributed by atoms with van der Waals surface area (Å²) in [6.45, 7) is 2.16. The topological polar surface area (TPSA) is 62.3 Å². The fourth-order valence-corrected chi connectivity index (χ4v) is 5.63. The number of carbonyl (C=O) groups excluding carboxylic acids is 2. The summed E-state index contributed by atoms with van der Waals surface area (Å²) in [4.78, 5) is 32.6. The third kappa shape index (κ3) is 5.24. The Morgan fingerprint density at radius 3 is 2.71 bits per heavy atom. The largest absolute Gasteiger partial charge is 0.330 e. The highest BCUT2D eigenvalue weighted by molar-refractivity contribution is 9.10. The fourth-order valence-electron chi connectivity index (χ4n) is 5.11. The van der Waals surface area contributed by atoms with Crippen LogP contribution in [0.5, 0.6) is 0 Å². The van der Waals surface area contributed by atoms with Crippen LogP contribution in [0.15, 0.2) is 59.2 Å². The van der Waals surface area contributed by atoms with E-state index in [-0.39, 0.29) is 52.9 Å². The van der Waals surface area contributed by atoms with Gasteiger partial charge in [0.25, 0.3) is 0 Å². The maximum atomic E-state index is 14.7. The van der Waals surface area contributed by atoms with E-state index in [1.54, 1.807) is 11.1 Å². The lowest BCUT2D eigenvalue weighted by molar-refractivity contribution is -0.129. The van der Waals surface area contributed by atoms with Crippen molar-refractivity contribution >= 4 is 50.6 Å². The number of benzene rings is 2. The van der Waals surface area contributed by atoms with Crippen molar-refractivity contribution in [1.29, 1.82) is 0 Å². The molecule has 5 rings (SSSR count). The second kappa shape index (κ2) is 10.9. The van der Waals surface area contributed by atoms with Crippen molar-refractivity contribution in [3.8, 4) is 11.1 Å². The Kier molecular flexibility index (Phi) is 7.63. The van der Waals surface area contributed by atoms with Crippen LogP contribution in [-0.2, 0) is 9.59 Å². The van der Waals surface area contributed by atoms with E-state index in [9.17, 15) is 18.4 Å². The molecule has 2 amide bonds. The number of rotatable bonds is 2. The molecule has 0 saturated heterocycles. The van der Waals surface area contributed by atoms with Gasteiger partial charge in [-0.05, 0) is 72.9 Å². The number of pyridine rings is 1. The third-order valence-electron chi connectivity index (χ3n) is 7.18. The molecule has 3 heterocycles. The minimum Gasteiger partial charge on any atom is -0.330 e. The maximum absolute atomic E-state index is 14.7. The summed E-state index contributed by atoms with van der Waals surface area (Å²) in [6, 6.07) is 11.4. The number of nitrogens with one attached hydrogen (secondary N) is 1. The molecule has 2 unspecified atom stereocenters. The Bertz CT molecular complexity index is 1460. The molecular formula is C29H25BrClF2N3O2. The lowest BCUT2D eigenvalue weighted by Gasteiger charge is -2.34. The molecule has 3 aromatic rings. The monoisotopic (exact) mass is 599 g/mol. The number of fused-ring (bicyclic) bond motifs is 4. The standard InChI is InChI=1S/C29H25BrClF2N3O2/c1-16-3-2-4-25(36-12-10-18(14-26(36)37)27-22(32)7-6-21(31)28(27)33)24-13-17(9-11-34-24)20-15-19(30)5-8-23(20)35-29(16)38/h5-9,11,13-16,25H,2-4,10,12H2,1H3,(H,35,38). The molecule has 38 heavy (non-hydrogen) atoms. The number of amides is 2. The van der Waals surface area contributed by atoms with Crippen LogP contribution >= 0.6 is 27.5 Å². The Hall–Kier alpha value is -3.10. The van der Waals surface area contributed by atoms with Crippen LogP contribution in [0, 0.1) is 17.6 Å². The van der Waals surface area contributed by atoms with E-state index in [1.165, 1.54) is 6.08 Å². The number of anilines is 1. The molecule has 0 aliphatic carbocycles. The average Bonchev–Trinajstić information content (AvgIpc) is 2.90. The first-order valence-electron chi connectivity index (χ1n) is 12.4. The van der Waals surface area contributed by atoms with E-state index in [1.807, 2.05) is 37.3 Å². The minimum atomic E-state index is -0.864. The van der Waals surface area contributed by atoms with Gasteiger partial charge in [-0.15, -0.1) is 0 Å². The Morgan fingerprint density at radius 2 is 1.92 bits per heavy atom. The summed E-state index contributed by atoms with van der Waals surface area (Å²) in [5.41, 5.74) is 3.13. The molecule has 9 heteroatoms. The second-order valence-electron chi connectivity index (χ2n) is 9.67. The fraction of sp³-hybridized carbons (Fsp3) is 0.276. The molecule has 0 saturated carbocycles. The van der Waals surface area contributed by atoms with Crippen molar-refractivity contribution < 1.29 is 18.4 Å². The Balaban J connectivity index is 1.54. The normalized spacial score (nSPS) is 20.1. The number of nitrogens with zero attached hydrogens (tertiary/aromatic N) is 2. The maximum Gasteiger partial charge on any atom is 0.247 e. The predicted octanol–water partition coefficient (Wildman–Crippen LogP) is 7.56. The highest BCUT2D eigenvalue weighted by Gasteiger charge is 2.31. The zero-order valence-electron chi connectivity index (χ0n) is 20.6. The summed E-state index contributed by atoms with van der Waals surface area (Å²) in [5, 5.41) is 2.86. The number of hydrogen-bond acceptors (Lipinski definition) is 3. The zero-order valence-corrected chi connectivity index (χ0v) is 23.0. The lowest BCUT2D eigenvalue weighted by Crippen LogP contribution is -2.38. The molecule has 2 aliphatic heterocycles. The van der Waals surface area contributed by atoms with Crippen LogP contribution in [0.25, 0.3) is 16.7 Å². The highest BCUT2D eigenvalue weighted by atomic mass is 79.9. The van der Waals surface area contributed by atoms with E-state index in [2.05, 4.69) is 26.2 Å². The molecule has 0 spiro atoms. The van der Waals surface area contributed by atoms with Gasteiger partial charge in [0.15, 0.2) is 5.82 Å². The molecule has 2 atom stereocenters. The van der Waals surface area contributed by atoms with Gasteiger partial charge < -0.3 is 10.2 Å². The Morgan fingerprint density at radius 1 is 1.11 bits per heavy atom. The lowest BCUT2D eigenvalue weighted by atomic mass is 9.92. The molecule has 0 fully saturated rings. The van der Waals surface area contributed by atoms with Crippen LogP contribution in [0.3, 0.4) is 0 Å². The average molecular weight is 601 g/mol. The van der Waals surface area contributed by atoms with Crippen molar-refractivity contribution in [1.82, 2.24) is 9.88 Å². The molecular weight excluding hydrogens is 576 g/mol. The smallest absolute Gasteiger partial charge is 0.247 e. The molecule has 2 aliphatic rings. The van der Waals surface area contributed by atoms with Gasteiger partial charge in [-0.25, -0.2) is 8.78 Å². The van der Waals surface area contributed by atoms with Gasteiger partial charge in [-0.1, -0.05) is 40.9 Å². The molecule has 1 aromatic heterocycles. The van der Waals surface area contributed by atoms with Gasteiger partial charge >= 0.3 is 0 Å². The van der Waals surface area contributed by atoms with Gasteiger partial charge in [-0.3, -0.25) is 14.6 Å². The number of halogens is 4. The molecule has 5 nitrogen and oxygen atoms in total. The van der Waals surface area contributed by atoms with Gasteiger partial charge in [0.1, 0.15) is 5.82 Å². The van der Waals surface area contributed by atoms with E-state index in [4.69, 9.17) is 11.6 Å². The van der Waals surface area contributed by atoms with Crippen molar-refractivity contribution in [2.24, 2.45) is 5.92 Å². The van der Waals surface area contributed by atoms with Crippen LogP contribution in [0.4, 0.5) is 14.5 Å². The molecule has 1 N–H and O–H groups in total. The van der Waals surface area contributed by atoms with Crippen molar-refractivity contribution in [2.75, 3.05) is 11.9 Å². The second-order valence-corrected chi connectivity index (χ2v) is 11.0. The zero-order chi connectivity index (χ0) is 27.0. The minimum absolute atomic E-state index is 0.0628. The van der Waals surface area contributed by atoms with Crippen LogP contribution < -0.4 is 5.32 Å². The molecule has 196 valence electrons. The van der Waals surface area contributed by atoms with Crippen molar-refractivity contribution in [3.05, 3.63) is 87.1 Å². The van der Waals surface area contributed by atoms with Crippen molar-refractivity contribution in [3.63, 3.8) is 0 Å². The summed E-state index contributed by atoms with van der Waals surface area (Å²) >= 11 is 9.40. The van der Waals surface area contributed by atoms with Crippen molar-refractivity contribution in [2.45, 2.75) is 38.6 Å². The first-order valence-corrected chi connectivity index (χ1v) is 13.6. The first kappa shape index (κ1) is 26.5. The highest BCUT2D eigenvalue weighted by Crippen LogP contribution is 2.38. The predicted molar refractivity (Wildman–Crippen MR) is 147 cm³/mol. The van der Waals surface area contributed by atoms with Crippen LogP contribution in [0.2, 0.25) is 5.02 Å². The molecule has 2 bridgehead atoms. The molecule has 2 aromatic carbocycles. The number of carbonyl (C=O) groups is 2. The summed E-state index contributed by atoms with van der Waals surface area (Å²) in [6.07, 6.45) is 5.18. The van der Waals surface area contributed by atoms with Crippen LogP contribution in [-0.4, -0.2) is 28.2 Å². The summed E-state index contributed by atoms with van der Waals surface area (Å²) < 4.78 is 30.0. The SMILES string of the molecule is CC1CCCC(N2CCC(c3c(F)ccc(Cl)c3F)=CC2=O)c2cc(ccn2)-c2cc(Br)ccc2NC1=O. The van der Waals surface area contributed by atoms with E-state index in [0.717, 1.165) is 33.4 Å². The quantitative estimate of drug-likeness (QED) is 0.309. The van der Waals surface area contributed by atoms with E-state index < -0.39 is 11.6 Å². The van der Waals surface area contributed by atoms with Gasteiger partial charge in [-0.2, -0.15) is 0 Å². The van der Waals surface area contributed by atoms with Gasteiger partial charge in [0, 0.05) is 40.5 Å². The van der Waals surface area contributed by atoms with E-state index >= 15 is 0 Å². The van der Waals surface area contributed by atoms with Crippen LogP contribution in [0.1, 0.15) is 49.9 Å². The number of hydrogen-bond donors (Lipinski definition) is 1. The molecule has 0 radical (unpaired) electrons. The summed E-state index contributed by atoms with van der Waals surface area (Å²) in [7, 11) is 0. The van der Waals surface area contributed by atoms with E-state index in [0.29, 0.717) is 24.9 Å². The summed E-state index contributed by atoms with van der Waals surface area (Å²) in [5.74, 6) is -2.25. The van der Waals surface area contributed by atoms with Gasteiger partial charge in [0.05, 0.1) is 22.3 Å². The third-order valence-corrected chi connectivity index (χ3v) is 7.96.